The lowest BCUT2D eigenvalue weighted by atomic mass is 10.1. The van der Waals surface area contributed by atoms with Crippen molar-refractivity contribution >= 4 is 0 Å². The molecule has 0 aliphatic heterocycles. The second-order valence-electron chi connectivity index (χ2n) is 4.43. The van der Waals surface area contributed by atoms with Gasteiger partial charge in [0, 0.05) is 6.42 Å². The molecular weight excluding hydrogens is 226 g/mol. The van der Waals surface area contributed by atoms with Crippen LogP contribution in [0, 0.1) is 0 Å². The molecule has 2 rings (SSSR count). The Bertz CT molecular complexity index is 467. The first-order chi connectivity index (χ1) is 8.79. The molecule has 0 bridgehead atoms. The first-order valence-corrected chi connectivity index (χ1v) is 6.41. The number of hydrogen-bond acceptors (Lipinski definition) is 4. The van der Waals surface area contributed by atoms with Crippen LogP contribution in [-0.4, -0.2) is 10.1 Å². The molecule has 1 heterocycles. The van der Waals surface area contributed by atoms with Crippen molar-refractivity contribution in [2.75, 3.05) is 0 Å². The Kier molecular flexibility index (Phi) is 4.47. The molecule has 0 spiro atoms. The van der Waals surface area contributed by atoms with E-state index in [1.54, 1.807) is 0 Å². The van der Waals surface area contributed by atoms with E-state index in [4.69, 9.17) is 10.3 Å². The molecule has 4 heteroatoms. The number of nitrogens with zero attached hydrogens (tertiary/aromatic N) is 2. The van der Waals surface area contributed by atoms with E-state index in [-0.39, 0.29) is 6.04 Å². The minimum atomic E-state index is -0.153. The number of nitrogens with two attached hydrogens (primary N) is 1. The topological polar surface area (TPSA) is 64.9 Å². The summed E-state index contributed by atoms with van der Waals surface area (Å²) < 4.78 is 5.14. The van der Waals surface area contributed by atoms with Crippen LogP contribution < -0.4 is 5.73 Å². The van der Waals surface area contributed by atoms with E-state index in [0.29, 0.717) is 11.7 Å². The van der Waals surface area contributed by atoms with Crippen molar-refractivity contribution in [1.82, 2.24) is 10.1 Å². The van der Waals surface area contributed by atoms with E-state index >= 15 is 0 Å². The lowest BCUT2D eigenvalue weighted by Crippen LogP contribution is -2.13. The largest absolute Gasteiger partial charge is 0.339 e. The summed E-state index contributed by atoms with van der Waals surface area (Å²) in [6, 6.07) is 10.1. The molecule has 0 aliphatic rings. The van der Waals surface area contributed by atoms with E-state index in [0.717, 1.165) is 25.7 Å². The van der Waals surface area contributed by atoms with Gasteiger partial charge in [-0.05, 0) is 24.8 Å². The third kappa shape index (κ3) is 3.40. The second-order valence-corrected chi connectivity index (χ2v) is 4.43. The molecule has 1 atom stereocenters. The van der Waals surface area contributed by atoms with Gasteiger partial charge in [-0.3, -0.25) is 0 Å². The van der Waals surface area contributed by atoms with Crippen LogP contribution in [0.1, 0.15) is 43.1 Å². The molecule has 1 aromatic carbocycles. The van der Waals surface area contributed by atoms with Crippen molar-refractivity contribution < 1.29 is 4.52 Å². The van der Waals surface area contributed by atoms with Crippen LogP contribution >= 0.6 is 0 Å². The fraction of sp³-hybridized carbons (Fsp3) is 0.429. The van der Waals surface area contributed by atoms with E-state index in [1.165, 1.54) is 5.56 Å². The highest BCUT2D eigenvalue weighted by atomic mass is 16.5. The van der Waals surface area contributed by atoms with Crippen molar-refractivity contribution in [1.29, 1.82) is 0 Å². The van der Waals surface area contributed by atoms with Crippen molar-refractivity contribution in [3.05, 3.63) is 47.6 Å². The average Bonchev–Trinajstić information content (AvgIpc) is 2.86. The Morgan fingerprint density at radius 3 is 2.72 bits per heavy atom. The smallest absolute Gasteiger partial charge is 0.226 e. The molecule has 96 valence electrons. The number of aryl methyl sites for hydroxylation is 2. The first kappa shape index (κ1) is 12.8. The maximum atomic E-state index is 6.07. The molecule has 0 radical (unpaired) electrons. The zero-order valence-corrected chi connectivity index (χ0v) is 10.7. The molecule has 18 heavy (non-hydrogen) atoms. The number of aromatic nitrogens is 2. The predicted octanol–water partition coefficient (Wildman–Crippen LogP) is 2.65. The van der Waals surface area contributed by atoms with Crippen LogP contribution in [0.4, 0.5) is 0 Å². The quantitative estimate of drug-likeness (QED) is 0.849. The molecule has 1 unspecified atom stereocenters. The first-order valence-electron chi connectivity index (χ1n) is 6.41. The predicted molar refractivity (Wildman–Crippen MR) is 70.0 cm³/mol. The fourth-order valence-corrected chi connectivity index (χ4v) is 1.83. The summed E-state index contributed by atoms with van der Waals surface area (Å²) in [7, 11) is 0. The van der Waals surface area contributed by atoms with Gasteiger partial charge in [0.05, 0.1) is 6.04 Å². The van der Waals surface area contributed by atoms with Gasteiger partial charge in [0.25, 0.3) is 0 Å². The molecule has 0 amide bonds. The highest BCUT2D eigenvalue weighted by Gasteiger charge is 2.13. The van der Waals surface area contributed by atoms with E-state index in [2.05, 4.69) is 29.2 Å². The van der Waals surface area contributed by atoms with Crippen LogP contribution in [0.2, 0.25) is 0 Å². The summed E-state index contributed by atoms with van der Waals surface area (Å²) in [5.74, 6) is 1.30. The monoisotopic (exact) mass is 245 g/mol. The highest BCUT2D eigenvalue weighted by Crippen LogP contribution is 2.14. The molecule has 0 aliphatic carbocycles. The lowest BCUT2D eigenvalue weighted by molar-refractivity contribution is 0.367. The van der Waals surface area contributed by atoms with Gasteiger partial charge in [0.15, 0.2) is 5.82 Å². The van der Waals surface area contributed by atoms with Crippen molar-refractivity contribution in [3.63, 3.8) is 0 Å². The number of rotatable bonds is 6. The third-order valence-corrected chi connectivity index (χ3v) is 2.87. The van der Waals surface area contributed by atoms with Crippen LogP contribution in [0.3, 0.4) is 0 Å². The molecule has 1 aromatic heterocycles. The number of benzene rings is 1. The molecule has 2 aromatic rings. The summed E-state index contributed by atoms with van der Waals surface area (Å²) in [6.45, 7) is 2.08. The minimum absolute atomic E-state index is 0.153. The summed E-state index contributed by atoms with van der Waals surface area (Å²) in [4.78, 5) is 4.31. The van der Waals surface area contributed by atoms with Crippen LogP contribution in [-0.2, 0) is 12.8 Å². The summed E-state index contributed by atoms with van der Waals surface area (Å²) >= 11 is 0. The van der Waals surface area contributed by atoms with Gasteiger partial charge < -0.3 is 10.3 Å². The zero-order valence-electron chi connectivity index (χ0n) is 10.7. The third-order valence-electron chi connectivity index (χ3n) is 2.87. The molecular formula is C14H19N3O. The Hall–Kier alpha value is -1.68. The van der Waals surface area contributed by atoms with Gasteiger partial charge in [-0.1, -0.05) is 42.4 Å². The maximum Gasteiger partial charge on any atom is 0.226 e. The van der Waals surface area contributed by atoms with E-state index < -0.39 is 0 Å². The van der Waals surface area contributed by atoms with Gasteiger partial charge in [0.1, 0.15) is 0 Å². The molecule has 0 fully saturated rings. The minimum Gasteiger partial charge on any atom is -0.339 e. The lowest BCUT2D eigenvalue weighted by Gasteiger charge is -2.06. The summed E-state index contributed by atoms with van der Waals surface area (Å²) in [5.41, 5.74) is 7.35. The van der Waals surface area contributed by atoms with Gasteiger partial charge in [-0.25, -0.2) is 0 Å². The standard InChI is InChI=1S/C14H19N3O/c1-2-6-13-16-14(17-18-13)12(15)10-9-11-7-4-3-5-8-11/h3-5,7-8,12H,2,6,9-10,15H2,1H3. The van der Waals surface area contributed by atoms with Crippen molar-refractivity contribution in [3.8, 4) is 0 Å². The van der Waals surface area contributed by atoms with Crippen molar-refractivity contribution in [2.24, 2.45) is 5.73 Å². The van der Waals surface area contributed by atoms with Crippen LogP contribution in [0.15, 0.2) is 34.9 Å². The summed E-state index contributed by atoms with van der Waals surface area (Å²) in [6.07, 6.45) is 3.58. The van der Waals surface area contributed by atoms with Crippen LogP contribution in [0.25, 0.3) is 0 Å². The van der Waals surface area contributed by atoms with Gasteiger partial charge in [-0.2, -0.15) is 4.98 Å². The molecule has 4 nitrogen and oxygen atoms in total. The maximum absolute atomic E-state index is 6.07. The SMILES string of the molecule is CCCc1nc(C(N)CCc2ccccc2)no1. The molecule has 0 saturated heterocycles. The highest BCUT2D eigenvalue weighted by molar-refractivity contribution is 5.15. The Morgan fingerprint density at radius 1 is 1.22 bits per heavy atom. The molecule has 0 saturated carbocycles. The van der Waals surface area contributed by atoms with E-state index in [9.17, 15) is 0 Å². The fourth-order valence-electron chi connectivity index (χ4n) is 1.83. The number of hydrogen-bond donors (Lipinski definition) is 1. The van der Waals surface area contributed by atoms with Gasteiger partial charge >= 0.3 is 0 Å². The second kappa shape index (κ2) is 6.31. The van der Waals surface area contributed by atoms with Gasteiger partial charge in [-0.15, -0.1) is 0 Å². The average molecular weight is 245 g/mol. The Labute approximate surface area is 107 Å². The zero-order chi connectivity index (χ0) is 12.8. The Balaban J connectivity index is 1.89. The summed E-state index contributed by atoms with van der Waals surface area (Å²) in [5, 5.41) is 3.94. The van der Waals surface area contributed by atoms with Crippen molar-refractivity contribution in [2.45, 2.75) is 38.6 Å². The normalized spacial score (nSPS) is 12.6. The van der Waals surface area contributed by atoms with Crippen LogP contribution in [0.5, 0.6) is 0 Å². The molecule has 2 N–H and O–H groups in total. The van der Waals surface area contributed by atoms with E-state index in [1.807, 2.05) is 18.2 Å². The van der Waals surface area contributed by atoms with Gasteiger partial charge in [0.2, 0.25) is 5.89 Å². The Morgan fingerprint density at radius 2 is 2.00 bits per heavy atom.